The van der Waals surface area contributed by atoms with Crippen LogP contribution in [0.1, 0.15) is 33.1 Å². The Morgan fingerprint density at radius 2 is 2.38 bits per heavy atom. The first-order valence-electron chi connectivity index (χ1n) is 6.15. The third-order valence-corrected chi connectivity index (χ3v) is 3.53. The van der Waals surface area contributed by atoms with E-state index in [0.29, 0.717) is 6.61 Å². The number of nitrogens with one attached hydrogen (secondary N) is 2. The van der Waals surface area contributed by atoms with Crippen molar-refractivity contribution in [3.8, 4) is 0 Å². The molecule has 0 aromatic heterocycles. The van der Waals surface area contributed by atoms with E-state index in [0.717, 1.165) is 32.4 Å². The summed E-state index contributed by atoms with van der Waals surface area (Å²) in [5, 5.41) is 6.37. The summed E-state index contributed by atoms with van der Waals surface area (Å²) in [5.74, 6) is 0.198. The number of carbonyl (C=O) groups is 1. The van der Waals surface area contributed by atoms with Gasteiger partial charge in [0.05, 0.1) is 5.41 Å². The van der Waals surface area contributed by atoms with Gasteiger partial charge in [0.15, 0.2) is 0 Å². The van der Waals surface area contributed by atoms with Crippen molar-refractivity contribution in [2.24, 2.45) is 5.41 Å². The summed E-state index contributed by atoms with van der Waals surface area (Å²) in [4.78, 5) is 12.2. The van der Waals surface area contributed by atoms with Crippen LogP contribution >= 0.6 is 0 Å². The number of hydrogen-bond acceptors (Lipinski definition) is 3. The largest absolute Gasteiger partial charge is 0.385 e. The van der Waals surface area contributed by atoms with Gasteiger partial charge in [-0.25, -0.2) is 0 Å². The van der Waals surface area contributed by atoms with E-state index in [2.05, 4.69) is 17.6 Å². The fourth-order valence-electron chi connectivity index (χ4n) is 2.14. The van der Waals surface area contributed by atoms with Crippen LogP contribution in [0.3, 0.4) is 0 Å². The highest BCUT2D eigenvalue weighted by atomic mass is 16.5. The molecule has 1 aliphatic heterocycles. The summed E-state index contributed by atoms with van der Waals surface area (Å²) in [6.07, 6.45) is 2.73. The van der Waals surface area contributed by atoms with Crippen molar-refractivity contribution in [1.82, 2.24) is 10.6 Å². The lowest BCUT2D eigenvalue weighted by Crippen LogP contribution is -2.45. The van der Waals surface area contributed by atoms with E-state index in [4.69, 9.17) is 4.74 Å². The van der Waals surface area contributed by atoms with Gasteiger partial charge >= 0.3 is 0 Å². The van der Waals surface area contributed by atoms with Crippen molar-refractivity contribution in [3.63, 3.8) is 0 Å². The molecule has 4 nitrogen and oxygen atoms in total. The van der Waals surface area contributed by atoms with Crippen LogP contribution in [0, 0.1) is 5.41 Å². The Morgan fingerprint density at radius 3 is 2.88 bits per heavy atom. The van der Waals surface area contributed by atoms with Crippen LogP contribution in [-0.4, -0.2) is 38.8 Å². The Balaban J connectivity index is 2.43. The zero-order valence-corrected chi connectivity index (χ0v) is 10.6. The molecule has 1 heterocycles. The molecule has 0 radical (unpaired) electrons. The first kappa shape index (κ1) is 13.5. The summed E-state index contributed by atoms with van der Waals surface area (Å²) in [7, 11) is 1.68. The molecule has 1 aliphatic rings. The zero-order chi connectivity index (χ0) is 12.0. The average molecular weight is 228 g/mol. The van der Waals surface area contributed by atoms with Crippen molar-refractivity contribution >= 4 is 5.91 Å². The minimum absolute atomic E-state index is 0.179. The molecule has 2 unspecified atom stereocenters. The molecule has 2 atom stereocenters. The van der Waals surface area contributed by atoms with Gasteiger partial charge in [0.25, 0.3) is 0 Å². The molecule has 0 bridgehead atoms. The second-order valence-corrected chi connectivity index (χ2v) is 4.72. The number of carbonyl (C=O) groups excluding carboxylic acids is 1. The van der Waals surface area contributed by atoms with E-state index >= 15 is 0 Å². The van der Waals surface area contributed by atoms with Crippen molar-refractivity contribution in [1.29, 1.82) is 0 Å². The molecule has 16 heavy (non-hydrogen) atoms. The molecule has 0 aromatic rings. The molecular weight excluding hydrogens is 204 g/mol. The predicted octanol–water partition coefficient (Wildman–Crippen LogP) is 0.917. The summed E-state index contributed by atoms with van der Waals surface area (Å²) in [6.45, 7) is 6.58. The fraction of sp³-hybridized carbons (Fsp3) is 0.917. The maximum atomic E-state index is 12.2. The number of rotatable bonds is 6. The monoisotopic (exact) mass is 228 g/mol. The lowest BCUT2D eigenvalue weighted by molar-refractivity contribution is -0.131. The van der Waals surface area contributed by atoms with Gasteiger partial charge in [0.2, 0.25) is 5.91 Å². The maximum Gasteiger partial charge on any atom is 0.227 e. The Kier molecular flexibility index (Phi) is 5.22. The second-order valence-electron chi connectivity index (χ2n) is 4.72. The summed E-state index contributed by atoms with van der Waals surface area (Å²) in [6, 6.07) is 0.191. The van der Waals surface area contributed by atoms with Gasteiger partial charge in [0.1, 0.15) is 0 Å². The van der Waals surface area contributed by atoms with Crippen molar-refractivity contribution < 1.29 is 9.53 Å². The number of methoxy groups -OCH3 is 1. The Hall–Kier alpha value is -0.610. The number of hydrogen-bond donors (Lipinski definition) is 2. The lowest BCUT2D eigenvalue weighted by Gasteiger charge is -2.27. The highest BCUT2D eigenvalue weighted by Gasteiger charge is 2.39. The average Bonchev–Trinajstić information content (AvgIpc) is 2.76. The Morgan fingerprint density at radius 1 is 1.62 bits per heavy atom. The Bertz CT molecular complexity index is 225. The summed E-state index contributed by atoms with van der Waals surface area (Å²) < 4.78 is 5.01. The fourth-order valence-corrected chi connectivity index (χ4v) is 2.14. The standard InChI is InChI=1S/C12H24N2O2/c1-4-12(6-7-13-9-12)11(15)14-10(2)5-8-16-3/h10,13H,4-9H2,1-3H3,(H,14,15). The molecule has 0 aliphatic carbocycles. The predicted molar refractivity (Wildman–Crippen MR) is 64.3 cm³/mol. The normalized spacial score (nSPS) is 26.7. The topological polar surface area (TPSA) is 50.4 Å². The quantitative estimate of drug-likeness (QED) is 0.710. The highest BCUT2D eigenvalue weighted by molar-refractivity contribution is 5.83. The molecule has 1 rings (SSSR count). The molecule has 0 spiro atoms. The zero-order valence-electron chi connectivity index (χ0n) is 10.6. The van der Waals surface area contributed by atoms with Gasteiger partial charge in [-0.15, -0.1) is 0 Å². The number of ether oxygens (including phenoxy) is 1. The Labute approximate surface area is 98.1 Å². The van der Waals surface area contributed by atoms with Crippen LogP contribution in [0.2, 0.25) is 0 Å². The number of amides is 1. The summed E-state index contributed by atoms with van der Waals surface area (Å²) in [5.41, 5.74) is -0.179. The van der Waals surface area contributed by atoms with E-state index in [1.165, 1.54) is 0 Å². The molecule has 1 amide bonds. The molecule has 94 valence electrons. The van der Waals surface area contributed by atoms with Gasteiger partial charge in [0, 0.05) is 26.3 Å². The molecule has 2 N–H and O–H groups in total. The maximum absolute atomic E-state index is 12.2. The van der Waals surface area contributed by atoms with Crippen molar-refractivity contribution in [2.45, 2.75) is 39.2 Å². The molecule has 1 saturated heterocycles. The van der Waals surface area contributed by atoms with E-state index in [1.54, 1.807) is 7.11 Å². The highest BCUT2D eigenvalue weighted by Crippen LogP contribution is 2.29. The van der Waals surface area contributed by atoms with Crippen molar-refractivity contribution in [3.05, 3.63) is 0 Å². The summed E-state index contributed by atoms with van der Waals surface area (Å²) >= 11 is 0. The third-order valence-electron chi connectivity index (χ3n) is 3.53. The van der Waals surface area contributed by atoms with E-state index in [9.17, 15) is 4.79 Å². The van der Waals surface area contributed by atoms with Gasteiger partial charge in [-0.1, -0.05) is 6.92 Å². The molecule has 0 saturated carbocycles. The molecule has 1 fully saturated rings. The van der Waals surface area contributed by atoms with E-state index in [-0.39, 0.29) is 17.4 Å². The van der Waals surface area contributed by atoms with Gasteiger partial charge in [-0.2, -0.15) is 0 Å². The molecular formula is C12H24N2O2. The van der Waals surface area contributed by atoms with E-state index < -0.39 is 0 Å². The van der Waals surface area contributed by atoms with Crippen LogP contribution < -0.4 is 10.6 Å². The first-order valence-corrected chi connectivity index (χ1v) is 6.15. The third kappa shape index (κ3) is 3.19. The second kappa shape index (κ2) is 6.21. The minimum Gasteiger partial charge on any atom is -0.385 e. The molecule has 0 aromatic carbocycles. The van der Waals surface area contributed by atoms with Gasteiger partial charge < -0.3 is 15.4 Å². The van der Waals surface area contributed by atoms with Crippen LogP contribution in [0.5, 0.6) is 0 Å². The molecule has 4 heteroatoms. The minimum atomic E-state index is -0.179. The first-order chi connectivity index (χ1) is 7.64. The van der Waals surface area contributed by atoms with Gasteiger partial charge in [-0.3, -0.25) is 4.79 Å². The van der Waals surface area contributed by atoms with E-state index in [1.807, 2.05) is 6.92 Å². The van der Waals surface area contributed by atoms with Crippen molar-refractivity contribution in [2.75, 3.05) is 26.8 Å². The van der Waals surface area contributed by atoms with Crippen LogP contribution in [0.4, 0.5) is 0 Å². The SMILES string of the molecule is CCC1(C(=O)NC(C)CCOC)CCNC1. The van der Waals surface area contributed by atoms with Gasteiger partial charge in [-0.05, 0) is 32.7 Å². The lowest BCUT2D eigenvalue weighted by atomic mass is 9.83. The smallest absolute Gasteiger partial charge is 0.227 e. The van der Waals surface area contributed by atoms with Crippen LogP contribution in [-0.2, 0) is 9.53 Å². The van der Waals surface area contributed by atoms with Crippen LogP contribution in [0.15, 0.2) is 0 Å². The van der Waals surface area contributed by atoms with Crippen LogP contribution in [0.25, 0.3) is 0 Å².